The van der Waals surface area contributed by atoms with E-state index in [4.69, 9.17) is 4.74 Å². The summed E-state index contributed by atoms with van der Waals surface area (Å²) in [6.07, 6.45) is 11.5. The molecule has 0 spiro atoms. The summed E-state index contributed by atoms with van der Waals surface area (Å²) in [5.74, 6) is -5.42. The summed E-state index contributed by atoms with van der Waals surface area (Å²) in [5, 5.41) is 33.0. The number of nitrogens with one attached hydrogen (secondary N) is 5. The van der Waals surface area contributed by atoms with Crippen molar-refractivity contribution in [2.45, 2.75) is 146 Å². The van der Waals surface area contributed by atoms with Gasteiger partial charge in [-0.25, -0.2) is 19.4 Å². The van der Waals surface area contributed by atoms with Crippen LogP contribution in [0.5, 0.6) is 0 Å². The van der Waals surface area contributed by atoms with Gasteiger partial charge >= 0.3 is 18.0 Å². The molecule has 5 fully saturated rings. The zero-order valence-electron chi connectivity index (χ0n) is 35.5. The standard InChI is InChI=1S/C44H61N7O10/c1-42(2,3)61-41(60)48-33(18-30-23-45-25-51(30)4)37(54)50-44-21-28-15-29(22-44)20-43(19-28,24-44)40(59)47-32(17-27-13-9-6-10-14-27)35(52)46-31(16-26-11-7-5-8-12-26)36(53)49-34(38(55)56)39(57)58/h5,7-8,11-12,23,25,27-29,31-34H,6,9-10,13-22,24H2,1-4H3,(H,46,52)(H,47,59)(H,48,60)(H,49,53)(H,50,54)(H,55,56)(H,57,58)/t28-,29+,31-,32-,33-,43?,44?/m0/s1. The van der Waals surface area contributed by atoms with Crippen molar-refractivity contribution in [1.29, 1.82) is 0 Å². The molecule has 5 amide bonds. The molecule has 2 aromatic rings. The minimum absolute atomic E-state index is 0.0612. The van der Waals surface area contributed by atoms with Gasteiger partial charge in [0, 0.05) is 37.3 Å². The molecule has 61 heavy (non-hydrogen) atoms. The Labute approximate surface area is 355 Å². The van der Waals surface area contributed by atoms with Crippen LogP contribution >= 0.6 is 0 Å². The van der Waals surface area contributed by atoms with Gasteiger partial charge in [0.15, 0.2) is 0 Å². The van der Waals surface area contributed by atoms with Gasteiger partial charge in [0.2, 0.25) is 29.7 Å². The number of ether oxygens (including phenoxy) is 1. The second kappa shape index (κ2) is 18.6. The third-order valence-corrected chi connectivity index (χ3v) is 12.9. The molecular formula is C44H61N7O10. The molecule has 4 bridgehead atoms. The zero-order chi connectivity index (χ0) is 44.1. The lowest BCUT2D eigenvalue weighted by Gasteiger charge is -2.61. The molecule has 5 aliphatic carbocycles. The minimum atomic E-state index is -2.23. The van der Waals surface area contributed by atoms with Crippen molar-refractivity contribution < 1.29 is 48.5 Å². The number of benzene rings is 1. The Hall–Kier alpha value is -5.48. The van der Waals surface area contributed by atoms with Crippen LogP contribution in [0.15, 0.2) is 42.9 Å². The summed E-state index contributed by atoms with van der Waals surface area (Å²) in [7, 11) is 1.81. The second-order valence-corrected chi connectivity index (χ2v) is 19.0. The van der Waals surface area contributed by atoms with Gasteiger partial charge in [0.1, 0.15) is 23.7 Å². The number of carbonyl (C=O) groups excluding carboxylic acids is 5. The molecule has 7 rings (SSSR count). The number of carboxylic acids is 2. The van der Waals surface area contributed by atoms with Gasteiger partial charge in [-0.3, -0.25) is 19.2 Å². The summed E-state index contributed by atoms with van der Waals surface area (Å²) in [6.45, 7) is 5.22. The monoisotopic (exact) mass is 847 g/mol. The van der Waals surface area contributed by atoms with Crippen LogP contribution in [0.4, 0.5) is 4.79 Å². The Morgan fingerprint density at radius 1 is 0.803 bits per heavy atom. The van der Waals surface area contributed by atoms with Crippen LogP contribution in [0, 0.1) is 23.2 Å². The van der Waals surface area contributed by atoms with E-state index in [1.54, 1.807) is 75.2 Å². The lowest BCUT2D eigenvalue weighted by atomic mass is 9.46. The molecule has 1 aromatic carbocycles. The number of nitrogens with zero attached hydrogens (tertiary/aromatic N) is 2. The molecule has 1 heterocycles. The van der Waals surface area contributed by atoms with Gasteiger partial charge in [-0.15, -0.1) is 0 Å². The molecule has 7 atom stereocenters. The first kappa shape index (κ1) is 45.1. The fraction of sp³-hybridized carbons (Fsp3) is 0.636. The molecule has 5 aliphatic rings. The van der Waals surface area contributed by atoms with E-state index in [0.29, 0.717) is 44.1 Å². The Kier molecular flexibility index (Phi) is 13.8. The van der Waals surface area contributed by atoms with Crippen molar-refractivity contribution in [1.82, 2.24) is 36.1 Å². The maximum atomic E-state index is 14.9. The smallest absolute Gasteiger partial charge is 0.408 e. The van der Waals surface area contributed by atoms with Crippen molar-refractivity contribution >= 4 is 41.7 Å². The Balaban J connectivity index is 1.22. The highest BCUT2D eigenvalue weighted by atomic mass is 16.6. The van der Waals surface area contributed by atoms with Crippen molar-refractivity contribution in [3.8, 4) is 0 Å². The fourth-order valence-electron chi connectivity index (χ4n) is 10.6. The minimum Gasteiger partial charge on any atom is -0.479 e. The number of amides is 5. The number of imidazole rings is 1. The number of alkyl carbamates (subject to hydrolysis) is 1. The molecular weight excluding hydrogens is 787 g/mol. The molecule has 17 heteroatoms. The summed E-state index contributed by atoms with van der Waals surface area (Å²) in [6, 6.07) is 3.11. The molecule has 0 radical (unpaired) electrons. The van der Waals surface area contributed by atoms with E-state index in [2.05, 4.69) is 26.3 Å². The number of rotatable bonds is 17. The Bertz CT molecular complexity index is 1930. The normalized spacial score (nSPS) is 24.8. The average molecular weight is 848 g/mol. The van der Waals surface area contributed by atoms with Gasteiger partial charge in [-0.2, -0.15) is 0 Å². The van der Waals surface area contributed by atoms with Crippen LogP contribution < -0.4 is 26.6 Å². The highest BCUT2D eigenvalue weighted by Gasteiger charge is 2.61. The van der Waals surface area contributed by atoms with Gasteiger partial charge in [-0.1, -0.05) is 62.4 Å². The van der Waals surface area contributed by atoms with Gasteiger partial charge in [0.05, 0.1) is 11.7 Å². The lowest BCUT2D eigenvalue weighted by molar-refractivity contribution is -0.155. The van der Waals surface area contributed by atoms with Crippen molar-refractivity contribution in [3.05, 3.63) is 54.1 Å². The first-order valence-electron chi connectivity index (χ1n) is 21.5. The number of aryl methyl sites for hydroxylation is 1. The molecule has 17 nitrogen and oxygen atoms in total. The number of aromatic nitrogens is 2. The van der Waals surface area contributed by atoms with E-state index in [9.17, 15) is 43.8 Å². The highest BCUT2D eigenvalue weighted by Crippen LogP contribution is 2.61. The fourth-order valence-corrected chi connectivity index (χ4v) is 10.6. The van der Waals surface area contributed by atoms with E-state index in [-0.39, 0.29) is 36.5 Å². The van der Waals surface area contributed by atoms with Crippen LogP contribution in [-0.4, -0.2) is 96.7 Å². The molecule has 0 aliphatic heterocycles. The average Bonchev–Trinajstić information content (AvgIpc) is 3.58. The summed E-state index contributed by atoms with van der Waals surface area (Å²) in [5.41, 5.74) is -1.05. The number of carboxylic acid groups (broad SMARTS) is 2. The van der Waals surface area contributed by atoms with E-state index >= 15 is 0 Å². The molecule has 2 unspecified atom stereocenters. The van der Waals surface area contributed by atoms with Crippen LogP contribution in [0.3, 0.4) is 0 Å². The predicted molar refractivity (Wildman–Crippen MR) is 220 cm³/mol. The largest absolute Gasteiger partial charge is 0.479 e. The molecule has 7 N–H and O–H groups in total. The van der Waals surface area contributed by atoms with Crippen molar-refractivity contribution in [3.63, 3.8) is 0 Å². The lowest BCUT2D eigenvalue weighted by Crippen LogP contribution is -2.68. The van der Waals surface area contributed by atoms with E-state index < -0.39 is 76.5 Å². The van der Waals surface area contributed by atoms with Crippen molar-refractivity contribution in [2.24, 2.45) is 30.2 Å². The summed E-state index contributed by atoms with van der Waals surface area (Å²) < 4.78 is 7.29. The maximum absolute atomic E-state index is 14.9. The summed E-state index contributed by atoms with van der Waals surface area (Å²) >= 11 is 0. The highest BCUT2D eigenvalue weighted by molar-refractivity contribution is 6.02. The Morgan fingerprint density at radius 2 is 1.43 bits per heavy atom. The number of carbonyl (C=O) groups is 7. The first-order valence-corrected chi connectivity index (χ1v) is 21.5. The third-order valence-electron chi connectivity index (χ3n) is 12.9. The van der Waals surface area contributed by atoms with Gasteiger partial charge in [0.25, 0.3) is 0 Å². The van der Waals surface area contributed by atoms with Crippen LogP contribution in [0.1, 0.15) is 109 Å². The predicted octanol–water partition coefficient (Wildman–Crippen LogP) is 3.15. The van der Waals surface area contributed by atoms with Crippen molar-refractivity contribution in [2.75, 3.05) is 0 Å². The first-order chi connectivity index (χ1) is 28.8. The molecule has 5 saturated carbocycles. The number of hydrogen-bond acceptors (Lipinski definition) is 9. The quantitative estimate of drug-likeness (QED) is 0.114. The van der Waals surface area contributed by atoms with Crippen LogP contribution in [-0.2, 0) is 53.4 Å². The number of hydrogen-bond donors (Lipinski definition) is 7. The third kappa shape index (κ3) is 11.5. The van der Waals surface area contributed by atoms with Crippen LogP contribution in [0.25, 0.3) is 0 Å². The van der Waals surface area contributed by atoms with E-state index in [0.717, 1.165) is 44.2 Å². The molecule has 1 aromatic heterocycles. The Morgan fingerprint density at radius 3 is 2.02 bits per heavy atom. The SMILES string of the molecule is Cn1cncc1C[C@H](NC(=O)OC(C)(C)C)C(=O)NC12C[C@H]3C[C@@H](C1)CC(C(=O)N[C@@H](CC1CCCCC1)C(=O)N[C@@H](Cc1ccccc1)C(=O)NC(C(=O)O)C(=O)O)(C3)C2. The molecule has 332 valence electrons. The summed E-state index contributed by atoms with van der Waals surface area (Å²) in [4.78, 5) is 97.7. The van der Waals surface area contributed by atoms with E-state index in [1.807, 2.05) is 5.32 Å². The molecule has 0 saturated heterocycles. The van der Waals surface area contributed by atoms with Gasteiger partial charge < -0.3 is 46.1 Å². The number of aliphatic carboxylic acids is 2. The van der Waals surface area contributed by atoms with Gasteiger partial charge in [-0.05, 0) is 89.0 Å². The van der Waals surface area contributed by atoms with E-state index in [1.165, 1.54) is 0 Å². The van der Waals surface area contributed by atoms with Crippen LogP contribution in [0.2, 0.25) is 0 Å². The topological polar surface area (TPSA) is 247 Å². The zero-order valence-corrected chi connectivity index (χ0v) is 35.5. The second-order valence-electron chi connectivity index (χ2n) is 19.0. The maximum Gasteiger partial charge on any atom is 0.408 e.